The Morgan fingerprint density at radius 3 is 1.24 bits per heavy atom. The molecule has 0 radical (unpaired) electrons. The third kappa shape index (κ3) is 4.73. The molecule has 0 N–H and O–H groups in total. The van der Waals surface area contributed by atoms with Gasteiger partial charge in [0.2, 0.25) is 0 Å². The molecule has 1 heterocycles. The molecule has 0 amide bonds. The molecule has 232 valence electrons. The maximum Gasteiger partial charge on any atom is 0.160 e. The van der Waals surface area contributed by atoms with E-state index in [4.69, 9.17) is 9.97 Å². The second-order valence-electron chi connectivity index (χ2n) is 13.0. The van der Waals surface area contributed by atoms with Crippen LogP contribution < -0.4 is 0 Å². The van der Waals surface area contributed by atoms with E-state index >= 15 is 0 Å². The minimum absolute atomic E-state index is 0.706. The molecule has 9 aromatic carbocycles. The summed E-state index contributed by atoms with van der Waals surface area (Å²) in [5.74, 6) is 0.706. The van der Waals surface area contributed by atoms with E-state index in [1.807, 2.05) is 0 Å². The molecule has 10 aromatic rings. The van der Waals surface area contributed by atoms with Crippen molar-refractivity contribution in [3.05, 3.63) is 182 Å². The van der Waals surface area contributed by atoms with E-state index in [1.165, 1.54) is 59.4 Å². The van der Waals surface area contributed by atoms with E-state index in [0.29, 0.717) is 5.82 Å². The van der Waals surface area contributed by atoms with Gasteiger partial charge in [0.05, 0.1) is 11.4 Å². The van der Waals surface area contributed by atoms with Gasteiger partial charge in [-0.2, -0.15) is 0 Å². The van der Waals surface area contributed by atoms with Gasteiger partial charge in [-0.15, -0.1) is 0 Å². The molecule has 2 heteroatoms. The van der Waals surface area contributed by atoms with Gasteiger partial charge in [-0.25, -0.2) is 9.97 Å². The standard InChI is InChI=1S/C48H30N2/c1-2-12-34-27-35(26-23-31(34)11-1)32-21-24-33(25-22-32)48-49-46(44-28-36-13-3-5-15-38(36)40-17-7-9-19-42(40)44)30-47(50-48)45-29-37-14-4-6-16-39(37)41-18-8-10-20-43(41)45/h1-30H. The highest BCUT2D eigenvalue weighted by molar-refractivity contribution is 6.15. The predicted octanol–water partition coefficient (Wildman–Crippen LogP) is 12.9. The van der Waals surface area contributed by atoms with E-state index in [1.54, 1.807) is 0 Å². The highest BCUT2D eigenvalue weighted by Crippen LogP contribution is 2.39. The Morgan fingerprint density at radius 1 is 0.260 bits per heavy atom. The first-order valence-electron chi connectivity index (χ1n) is 17.1. The van der Waals surface area contributed by atoms with Gasteiger partial charge in [0.1, 0.15) is 0 Å². The molecule has 0 aliphatic heterocycles. The Kier molecular flexibility index (Phi) is 6.53. The molecule has 0 saturated carbocycles. The van der Waals surface area contributed by atoms with Crippen LogP contribution >= 0.6 is 0 Å². The van der Waals surface area contributed by atoms with Crippen molar-refractivity contribution >= 4 is 53.9 Å². The molecule has 10 rings (SSSR count). The van der Waals surface area contributed by atoms with Gasteiger partial charge in [0.15, 0.2) is 5.82 Å². The van der Waals surface area contributed by atoms with E-state index in [9.17, 15) is 0 Å². The fraction of sp³-hybridized carbons (Fsp3) is 0. The Morgan fingerprint density at radius 2 is 0.680 bits per heavy atom. The van der Waals surface area contributed by atoms with Crippen molar-refractivity contribution < 1.29 is 0 Å². The van der Waals surface area contributed by atoms with Crippen LogP contribution in [-0.4, -0.2) is 9.97 Å². The van der Waals surface area contributed by atoms with Crippen LogP contribution in [0, 0.1) is 0 Å². The van der Waals surface area contributed by atoms with E-state index in [-0.39, 0.29) is 0 Å². The Hall–Kier alpha value is -6.64. The summed E-state index contributed by atoms with van der Waals surface area (Å²) in [6, 6.07) is 65.1. The molecule has 50 heavy (non-hydrogen) atoms. The van der Waals surface area contributed by atoms with Crippen LogP contribution in [0.15, 0.2) is 182 Å². The maximum absolute atomic E-state index is 5.33. The molecule has 2 nitrogen and oxygen atoms in total. The van der Waals surface area contributed by atoms with E-state index < -0.39 is 0 Å². The summed E-state index contributed by atoms with van der Waals surface area (Å²) in [7, 11) is 0. The highest BCUT2D eigenvalue weighted by Gasteiger charge is 2.17. The predicted molar refractivity (Wildman–Crippen MR) is 211 cm³/mol. The van der Waals surface area contributed by atoms with Crippen molar-refractivity contribution in [1.82, 2.24) is 9.97 Å². The van der Waals surface area contributed by atoms with Crippen LogP contribution in [0.2, 0.25) is 0 Å². The number of hydrogen-bond donors (Lipinski definition) is 0. The van der Waals surface area contributed by atoms with Crippen molar-refractivity contribution in [3.8, 4) is 45.0 Å². The summed E-state index contributed by atoms with van der Waals surface area (Å²) in [6.45, 7) is 0. The first-order valence-corrected chi connectivity index (χ1v) is 17.1. The third-order valence-corrected chi connectivity index (χ3v) is 10.0. The lowest BCUT2D eigenvalue weighted by atomic mass is 9.93. The number of rotatable bonds is 4. The summed E-state index contributed by atoms with van der Waals surface area (Å²) in [5.41, 5.74) is 7.34. The zero-order valence-corrected chi connectivity index (χ0v) is 27.2. The van der Waals surface area contributed by atoms with E-state index in [2.05, 4.69) is 182 Å². The van der Waals surface area contributed by atoms with Gasteiger partial charge < -0.3 is 0 Å². The first-order chi connectivity index (χ1) is 24.8. The summed E-state index contributed by atoms with van der Waals surface area (Å²) in [5, 5.41) is 12.1. The number of nitrogens with zero attached hydrogens (tertiary/aromatic N) is 2. The van der Waals surface area contributed by atoms with Crippen molar-refractivity contribution in [2.45, 2.75) is 0 Å². The molecule has 0 bridgehead atoms. The van der Waals surface area contributed by atoms with Crippen LogP contribution in [0.5, 0.6) is 0 Å². The quantitative estimate of drug-likeness (QED) is 0.180. The van der Waals surface area contributed by atoms with E-state index in [0.717, 1.165) is 33.6 Å². The van der Waals surface area contributed by atoms with Gasteiger partial charge in [0, 0.05) is 16.7 Å². The van der Waals surface area contributed by atoms with Gasteiger partial charge in [0.25, 0.3) is 0 Å². The lowest BCUT2D eigenvalue weighted by Gasteiger charge is -2.15. The molecule has 0 fully saturated rings. The second-order valence-corrected chi connectivity index (χ2v) is 13.0. The molecule has 0 spiro atoms. The Labute approximate surface area is 290 Å². The lowest BCUT2D eigenvalue weighted by Crippen LogP contribution is -1.97. The zero-order valence-electron chi connectivity index (χ0n) is 27.2. The van der Waals surface area contributed by atoms with Crippen LogP contribution in [-0.2, 0) is 0 Å². The number of hydrogen-bond acceptors (Lipinski definition) is 2. The summed E-state index contributed by atoms with van der Waals surface area (Å²) in [4.78, 5) is 10.7. The van der Waals surface area contributed by atoms with Crippen molar-refractivity contribution in [3.63, 3.8) is 0 Å². The molecular formula is C48H30N2. The van der Waals surface area contributed by atoms with Crippen LogP contribution in [0.25, 0.3) is 98.9 Å². The van der Waals surface area contributed by atoms with Gasteiger partial charge in [-0.05, 0) is 89.3 Å². The highest BCUT2D eigenvalue weighted by atomic mass is 14.9. The molecule has 1 aromatic heterocycles. The normalized spacial score (nSPS) is 11.6. The minimum Gasteiger partial charge on any atom is -0.228 e. The van der Waals surface area contributed by atoms with Crippen molar-refractivity contribution in [2.75, 3.05) is 0 Å². The molecule has 0 aliphatic carbocycles. The number of aromatic nitrogens is 2. The Balaban J connectivity index is 1.21. The topological polar surface area (TPSA) is 25.8 Å². The molecule has 0 aliphatic rings. The van der Waals surface area contributed by atoms with Crippen molar-refractivity contribution in [1.29, 1.82) is 0 Å². The molecule has 0 atom stereocenters. The fourth-order valence-corrected chi connectivity index (χ4v) is 7.57. The molecule has 0 unspecified atom stereocenters. The fourth-order valence-electron chi connectivity index (χ4n) is 7.57. The first kappa shape index (κ1) is 28.4. The Bertz CT molecular complexity index is 2780. The summed E-state index contributed by atoms with van der Waals surface area (Å²) < 4.78 is 0. The monoisotopic (exact) mass is 634 g/mol. The third-order valence-electron chi connectivity index (χ3n) is 10.0. The summed E-state index contributed by atoms with van der Waals surface area (Å²) >= 11 is 0. The average molecular weight is 635 g/mol. The largest absolute Gasteiger partial charge is 0.228 e. The van der Waals surface area contributed by atoms with Crippen molar-refractivity contribution in [2.24, 2.45) is 0 Å². The lowest BCUT2D eigenvalue weighted by molar-refractivity contribution is 1.19. The van der Waals surface area contributed by atoms with Crippen LogP contribution in [0.4, 0.5) is 0 Å². The van der Waals surface area contributed by atoms with Gasteiger partial charge in [-0.3, -0.25) is 0 Å². The van der Waals surface area contributed by atoms with Gasteiger partial charge in [-0.1, -0.05) is 158 Å². The molecular weight excluding hydrogens is 605 g/mol. The average Bonchev–Trinajstić information content (AvgIpc) is 3.20. The smallest absolute Gasteiger partial charge is 0.160 e. The SMILES string of the molecule is c1ccc2cc(-c3ccc(-c4nc(-c5cc6ccccc6c6ccccc56)cc(-c5cc6ccccc6c6ccccc56)n4)cc3)ccc2c1. The number of benzene rings is 9. The van der Waals surface area contributed by atoms with Gasteiger partial charge >= 0.3 is 0 Å². The zero-order chi connectivity index (χ0) is 33.0. The summed E-state index contributed by atoms with van der Waals surface area (Å²) in [6.07, 6.45) is 0. The minimum atomic E-state index is 0.706. The number of fused-ring (bicyclic) bond motifs is 7. The van der Waals surface area contributed by atoms with Crippen LogP contribution in [0.1, 0.15) is 0 Å². The molecule has 0 saturated heterocycles. The maximum atomic E-state index is 5.33. The van der Waals surface area contributed by atoms with Crippen LogP contribution in [0.3, 0.4) is 0 Å². The second kappa shape index (κ2) is 11.5.